The van der Waals surface area contributed by atoms with Crippen molar-refractivity contribution in [1.29, 1.82) is 0 Å². The molecule has 3 N–H and O–H groups in total. The number of fused-ring (bicyclic) bond motifs is 8. The van der Waals surface area contributed by atoms with E-state index >= 15 is 0 Å². The molecule has 1 amide bonds. The SMILES string of the molecule is CCC1=C(C)c2cc3[nH]c(c(C)c3CC)c(CCCC(=O)O)c3nc(c4c5[nH]c(cc1n2)c(C)c5C(=O)C4)C(CC(=O)N(CCCN(C)C)CCCN(C)C)[C@@H]3C. The van der Waals surface area contributed by atoms with Crippen molar-refractivity contribution in [2.45, 2.75) is 111 Å². The number of carboxylic acids is 1. The largest absolute Gasteiger partial charge is 0.481 e. The van der Waals surface area contributed by atoms with Crippen LogP contribution in [0.25, 0.3) is 33.2 Å². The molecule has 57 heavy (non-hydrogen) atoms. The van der Waals surface area contributed by atoms with E-state index in [9.17, 15) is 19.5 Å². The predicted molar refractivity (Wildman–Crippen MR) is 230 cm³/mol. The molecule has 3 aromatic heterocycles. The van der Waals surface area contributed by atoms with E-state index in [0.29, 0.717) is 31.5 Å². The molecular formula is C46H63N7O4. The van der Waals surface area contributed by atoms with E-state index in [1.165, 1.54) is 11.1 Å². The molecular weight excluding hydrogens is 715 g/mol. The second-order valence-electron chi connectivity index (χ2n) is 16.9. The molecule has 306 valence electrons. The lowest BCUT2D eigenvalue weighted by molar-refractivity contribution is -0.137. The van der Waals surface area contributed by atoms with Gasteiger partial charge in [0.15, 0.2) is 5.78 Å². The van der Waals surface area contributed by atoms with Crippen LogP contribution in [0, 0.1) is 13.8 Å². The number of aryl methyl sites for hydroxylation is 4. The van der Waals surface area contributed by atoms with Crippen molar-refractivity contribution in [1.82, 2.24) is 34.6 Å². The minimum atomic E-state index is -0.835. The Balaban J connectivity index is 1.63. The number of aliphatic carboxylic acids is 1. The molecule has 0 fully saturated rings. The third kappa shape index (κ3) is 8.51. The van der Waals surface area contributed by atoms with Crippen LogP contribution >= 0.6 is 0 Å². The summed E-state index contributed by atoms with van der Waals surface area (Å²) < 4.78 is 0. The Morgan fingerprint density at radius 3 is 2.07 bits per heavy atom. The molecule has 1 aliphatic carbocycles. The second kappa shape index (κ2) is 17.5. The molecule has 1 unspecified atom stereocenters. The van der Waals surface area contributed by atoms with Crippen LogP contribution in [0.15, 0.2) is 12.1 Å². The van der Waals surface area contributed by atoms with Gasteiger partial charge in [-0.1, -0.05) is 20.8 Å². The molecule has 11 heteroatoms. The third-order valence-electron chi connectivity index (χ3n) is 12.5. The van der Waals surface area contributed by atoms with Gasteiger partial charge < -0.3 is 29.8 Å². The van der Waals surface area contributed by atoms with Gasteiger partial charge in [0, 0.05) is 77.6 Å². The summed E-state index contributed by atoms with van der Waals surface area (Å²) in [6.45, 7) is 15.9. The number of hydrogen-bond donors (Lipinski definition) is 3. The number of allylic oxidation sites excluding steroid dienone is 2. The van der Waals surface area contributed by atoms with Crippen molar-refractivity contribution >= 4 is 50.9 Å². The van der Waals surface area contributed by atoms with Crippen LogP contribution in [0.1, 0.15) is 139 Å². The van der Waals surface area contributed by atoms with Crippen LogP contribution in [0.4, 0.5) is 0 Å². The van der Waals surface area contributed by atoms with Crippen molar-refractivity contribution in [3.63, 3.8) is 0 Å². The van der Waals surface area contributed by atoms with Crippen LogP contribution in [0.3, 0.4) is 0 Å². The van der Waals surface area contributed by atoms with Gasteiger partial charge in [0.1, 0.15) is 0 Å². The predicted octanol–water partition coefficient (Wildman–Crippen LogP) is 7.99. The zero-order valence-corrected chi connectivity index (χ0v) is 35.9. The van der Waals surface area contributed by atoms with E-state index in [2.05, 4.69) is 94.7 Å². The number of H-pyrrole nitrogens is 2. The summed E-state index contributed by atoms with van der Waals surface area (Å²) in [6.07, 6.45) is 4.84. The number of amides is 1. The van der Waals surface area contributed by atoms with Gasteiger partial charge in [0.25, 0.3) is 0 Å². The first-order valence-electron chi connectivity index (χ1n) is 20.9. The Morgan fingerprint density at radius 2 is 1.46 bits per heavy atom. The molecule has 2 aliphatic heterocycles. The third-order valence-corrected chi connectivity index (χ3v) is 12.5. The van der Waals surface area contributed by atoms with Gasteiger partial charge in [-0.25, -0.2) is 4.98 Å². The van der Waals surface area contributed by atoms with E-state index in [1.807, 2.05) is 11.8 Å². The molecule has 6 rings (SSSR count). The summed E-state index contributed by atoms with van der Waals surface area (Å²) in [7, 11) is 8.23. The highest BCUT2D eigenvalue weighted by Gasteiger charge is 2.39. The first-order valence-corrected chi connectivity index (χ1v) is 20.9. The molecule has 2 atom stereocenters. The Morgan fingerprint density at radius 1 is 0.807 bits per heavy atom. The highest BCUT2D eigenvalue weighted by atomic mass is 16.4. The molecule has 8 bridgehead atoms. The smallest absolute Gasteiger partial charge is 0.303 e. The Kier molecular flexibility index (Phi) is 12.9. The number of carbonyl (C=O) groups is 3. The number of nitrogens with zero attached hydrogens (tertiary/aromatic N) is 5. The maximum absolute atomic E-state index is 14.6. The number of aromatic amines is 2. The van der Waals surface area contributed by atoms with Gasteiger partial charge >= 0.3 is 5.97 Å². The van der Waals surface area contributed by atoms with Crippen LogP contribution in [0.5, 0.6) is 0 Å². The van der Waals surface area contributed by atoms with E-state index < -0.39 is 5.97 Å². The zero-order valence-electron chi connectivity index (χ0n) is 35.9. The first-order chi connectivity index (χ1) is 27.1. The summed E-state index contributed by atoms with van der Waals surface area (Å²) in [5.41, 5.74) is 15.1. The topological polar surface area (TPSA) is 139 Å². The molecule has 0 saturated heterocycles. The number of carbonyl (C=O) groups excluding carboxylic acids is 2. The van der Waals surface area contributed by atoms with E-state index in [4.69, 9.17) is 9.97 Å². The molecule has 0 radical (unpaired) electrons. The van der Waals surface area contributed by atoms with Gasteiger partial charge in [0.05, 0.1) is 22.6 Å². The number of Topliss-reactive ketones (excluding diaryl/α,β-unsaturated/α-hetero) is 1. The molecule has 0 aromatic carbocycles. The van der Waals surface area contributed by atoms with Crippen molar-refractivity contribution in [2.75, 3.05) is 54.4 Å². The molecule has 0 saturated carbocycles. The van der Waals surface area contributed by atoms with Crippen LogP contribution in [-0.4, -0.2) is 112 Å². The van der Waals surface area contributed by atoms with Crippen molar-refractivity contribution in [3.8, 4) is 0 Å². The summed E-state index contributed by atoms with van der Waals surface area (Å²) in [4.78, 5) is 64.9. The lowest BCUT2D eigenvalue weighted by atomic mass is 9.84. The Hall–Kier alpha value is -4.61. The average molecular weight is 778 g/mol. The highest BCUT2D eigenvalue weighted by Crippen LogP contribution is 2.46. The highest BCUT2D eigenvalue weighted by molar-refractivity contribution is 6.13. The van der Waals surface area contributed by atoms with Gasteiger partial charge in [-0.2, -0.15) is 0 Å². The molecule has 3 aromatic rings. The first kappa shape index (κ1) is 42.0. The van der Waals surface area contributed by atoms with Crippen molar-refractivity contribution < 1.29 is 19.5 Å². The van der Waals surface area contributed by atoms with Crippen LogP contribution < -0.4 is 0 Å². The maximum Gasteiger partial charge on any atom is 0.303 e. The number of rotatable bonds is 16. The number of hydrogen-bond acceptors (Lipinski definition) is 7. The molecule has 3 aliphatic rings. The second-order valence-corrected chi connectivity index (χ2v) is 16.9. The van der Waals surface area contributed by atoms with Crippen LogP contribution in [0.2, 0.25) is 0 Å². The van der Waals surface area contributed by atoms with Crippen LogP contribution in [-0.2, 0) is 28.9 Å². The van der Waals surface area contributed by atoms with E-state index in [-0.39, 0.29) is 42.8 Å². The minimum Gasteiger partial charge on any atom is -0.481 e. The fourth-order valence-corrected chi connectivity index (χ4v) is 9.31. The monoisotopic (exact) mass is 777 g/mol. The van der Waals surface area contributed by atoms with Gasteiger partial charge in [0.2, 0.25) is 5.91 Å². The van der Waals surface area contributed by atoms with Crippen molar-refractivity contribution in [3.05, 3.63) is 68.3 Å². The number of carboxylic acid groups (broad SMARTS) is 1. The van der Waals surface area contributed by atoms with Crippen molar-refractivity contribution in [2.24, 2.45) is 0 Å². The summed E-state index contributed by atoms with van der Waals surface area (Å²) in [5.74, 6) is -1.12. The molecule has 5 heterocycles. The van der Waals surface area contributed by atoms with Gasteiger partial charge in [-0.15, -0.1) is 0 Å². The lowest BCUT2D eigenvalue weighted by Crippen LogP contribution is -2.36. The normalized spacial score (nSPS) is 16.5. The average Bonchev–Trinajstić information content (AvgIpc) is 3.91. The standard InChI is InChI=1S/C46H63N7O4/c1-11-30-26(3)35-24-38-31(12-2)27(4)43(49-38)32(16-13-17-41(56)57)44-28(5)33(23-40(55)53(20-14-18-51(7)8)21-15-19-52(9)10)45(50-44)34-22-39(54)42-29(6)36(48-46(34)42)25-37(30)47-35/h24-25,28,33,48-49H,11-23H2,1-10H3,(H,56,57)/t28-,33?/m0/s1. The fraction of sp³-hybridized carbons (Fsp3) is 0.543. The lowest BCUT2D eigenvalue weighted by Gasteiger charge is -2.27. The number of ketones is 1. The van der Waals surface area contributed by atoms with Gasteiger partial charge in [-0.05, 0) is 146 Å². The Labute approximate surface area is 338 Å². The molecule has 0 spiro atoms. The summed E-state index contributed by atoms with van der Waals surface area (Å²) in [5, 5.41) is 9.72. The zero-order chi connectivity index (χ0) is 41.3. The summed E-state index contributed by atoms with van der Waals surface area (Å²) in [6, 6.07) is 4.24. The minimum absolute atomic E-state index is 0.0351. The van der Waals surface area contributed by atoms with E-state index in [1.54, 1.807) is 0 Å². The maximum atomic E-state index is 14.6. The number of nitrogens with one attached hydrogen (secondary N) is 2. The van der Waals surface area contributed by atoms with Gasteiger partial charge in [-0.3, -0.25) is 19.4 Å². The molecule has 11 nitrogen and oxygen atoms in total. The fourth-order valence-electron chi connectivity index (χ4n) is 9.31. The number of aromatic nitrogens is 4. The van der Waals surface area contributed by atoms with E-state index in [0.717, 1.165) is 111 Å². The quantitative estimate of drug-likeness (QED) is 0.133. The summed E-state index contributed by atoms with van der Waals surface area (Å²) >= 11 is 0. The Bertz CT molecular complexity index is 2250.